The second-order valence-electron chi connectivity index (χ2n) is 3.93. The van der Waals surface area contributed by atoms with Crippen molar-refractivity contribution in [1.29, 1.82) is 0 Å². The molecular weight excluding hydrogens is 232 g/mol. The van der Waals surface area contributed by atoms with Crippen LogP contribution in [-0.4, -0.2) is 17.0 Å². The molecule has 0 aliphatic carbocycles. The number of fused-ring (bicyclic) bond motifs is 1. The molecule has 2 aromatic rings. The fourth-order valence-corrected chi connectivity index (χ4v) is 1.80. The van der Waals surface area contributed by atoms with Crippen LogP contribution in [-0.2, 0) is 14.3 Å². The van der Waals surface area contributed by atoms with E-state index in [2.05, 4.69) is 0 Å². The lowest BCUT2D eigenvalue weighted by Gasteiger charge is -2.13. The van der Waals surface area contributed by atoms with Crippen LogP contribution in [0.15, 0.2) is 42.5 Å². The van der Waals surface area contributed by atoms with E-state index in [-0.39, 0.29) is 0 Å². The standard InChI is InChI=1S/C14H12O4/c1-9(15)18-13(14(16)17)12-7-6-10-4-2-3-5-11(10)8-12/h2-8,13H,1H3,(H,16,17). The van der Waals surface area contributed by atoms with Crippen LogP contribution in [0.25, 0.3) is 10.8 Å². The average molecular weight is 244 g/mol. The topological polar surface area (TPSA) is 63.6 Å². The quantitative estimate of drug-likeness (QED) is 0.842. The number of rotatable bonds is 3. The Kier molecular flexibility index (Phi) is 3.28. The minimum atomic E-state index is -1.26. The van der Waals surface area contributed by atoms with Crippen LogP contribution >= 0.6 is 0 Å². The van der Waals surface area contributed by atoms with E-state index >= 15 is 0 Å². The fourth-order valence-electron chi connectivity index (χ4n) is 1.80. The maximum Gasteiger partial charge on any atom is 0.349 e. The highest BCUT2D eigenvalue weighted by Crippen LogP contribution is 2.23. The Morgan fingerprint density at radius 1 is 1.11 bits per heavy atom. The third kappa shape index (κ3) is 2.48. The maximum atomic E-state index is 11.1. The Morgan fingerprint density at radius 2 is 1.78 bits per heavy atom. The normalized spacial score (nSPS) is 12.1. The van der Waals surface area contributed by atoms with Crippen molar-refractivity contribution in [3.63, 3.8) is 0 Å². The molecule has 1 atom stereocenters. The Balaban J connectivity index is 2.44. The number of aliphatic carboxylic acids is 1. The molecule has 0 fully saturated rings. The zero-order chi connectivity index (χ0) is 13.1. The molecule has 2 aromatic carbocycles. The van der Waals surface area contributed by atoms with Crippen molar-refractivity contribution in [1.82, 2.24) is 0 Å². The van der Waals surface area contributed by atoms with E-state index in [0.29, 0.717) is 5.56 Å². The summed E-state index contributed by atoms with van der Waals surface area (Å²) in [5.74, 6) is -1.80. The van der Waals surface area contributed by atoms with E-state index < -0.39 is 18.0 Å². The van der Waals surface area contributed by atoms with E-state index in [1.165, 1.54) is 6.92 Å². The number of carboxylic acids is 1. The van der Waals surface area contributed by atoms with Crippen LogP contribution in [0, 0.1) is 0 Å². The highest BCUT2D eigenvalue weighted by molar-refractivity contribution is 5.85. The summed E-state index contributed by atoms with van der Waals surface area (Å²) < 4.78 is 4.81. The van der Waals surface area contributed by atoms with Gasteiger partial charge in [-0.2, -0.15) is 0 Å². The highest BCUT2D eigenvalue weighted by atomic mass is 16.6. The maximum absolute atomic E-state index is 11.1. The van der Waals surface area contributed by atoms with Crippen molar-refractivity contribution < 1.29 is 19.4 Å². The number of ether oxygens (including phenoxy) is 1. The molecule has 1 unspecified atom stereocenters. The van der Waals surface area contributed by atoms with Gasteiger partial charge in [0.15, 0.2) is 0 Å². The Labute approximate surface area is 104 Å². The van der Waals surface area contributed by atoms with Crippen molar-refractivity contribution in [3.8, 4) is 0 Å². The zero-order valence-electron chi connectivity index (χ0n) is 9.79. The van der Waals surface area contributed by atoms with Crippen molar-refractivity contribution >= 4 is 22.7 Å². The van der Waals surface area contributed by atoms with Gasteiger partial charge in [0, 0.05) is 12.5 Å². The van der Waals surface area contributed by atoms with E-state index in [9.17, 15) is 9.59 Å². The summed E-state index contributed by atoms with van der Waals surface area (Å²) in [7, 11) is 0. The molecule has 4 nitrogen and oxygen atoms in total. The molecule has 0 bridgehead atoms. The minimum absolute atomic E-state index is 0.455. The van der Waals surface area contributed by atoms with Gasteiger partial charge in [-0.15, -0.1) is 0 Å². The van der Waals surface area contributed by atoms with Gasteiger partial charge in [0.2, 0.25) is 6.10 Å². The molecule has 0 aromatic heterocycles. The van der Waals surface area contributed by atoms with Gasteiger partial charge in [-0.25, -0.2) is 4.79 Å². The molecule has 0 aliphatic rings. The molecule has 0 aliphatic heterocycles. The number of carboxylic acid groups (broad SMARTS) is 1. The Hall–Kier alpha value is -2.36. The van der Waals surface area contributed by atoms with Gasteiger partial charge in [0.25, 0.3) is 0 Å². The third-order valence-electron chi connectivity index (χ3n) is 2.58. The first-order valence-corrected chi connectivity index (χ1v) is 5.46. The van der Waals surface area contributed by atoms with E-state index in [1.807, 2.05) is 30.3 Å². The summed E-state index contributed by atoms with van der Waals surface area (Å²) in [5, 5.41) is 11.0. The van der Waals surface area contributed by atoms with Crippen LogP contribution in [0.3, 0.4) is 0 Å². The summed E-state index contributed by atoms with van der Waals surface area (Å²) in [4.78, 5) is 22.0. The number of carbonyl (C=O) groups excluding carboxylic acids is 1. The van der Waals surface area contributed by atoms with Crippen LogP contribution in [0.4, 0.5) is 0 Å². The Bertz CT molecular complexity index is 604. The van der Waals surface area contributed by atoms with E-state index in [1.54, 1.807) is 12.1 Å². The molecule has 2 rings (SSSR count). The van der Waals surface area contributed by atoms with E-state index in [0.717, 1.165) is 10.8 Å². The van der Waals surface area contributed by atoms with Gasteiger partial charge >= 0.3 is 11.9 Å². The summed E-state index contributed by atoms with van der Waals surface area (Å²) in [6.45, 7) is 1.19. The van der Waals surface area contributed by atoms with Gasteiger partial charge in [-0.05, 0) is 16.8 Å². The lowest BCUT2D eigenvalue weighted by molar-refractivity contribution is -0.163. The van der Waals surface area contributed by atoms with Crippen LogP contribution in [0.1, 0.15) is 18.6 Å². The van der Waals surface area contributed by atoms with E-state index in [4.69, 9.17) is 9.84 Å². The molecule has 92 valence electrons. The SMILES string of the molecule is CC(=O)OC(C(=O)O)c1ccc2ccccc2c1. The predicted molar refractivity (Wildman–Crippen MR) is 66.1 cm³/mol. The summed E-state index contributed by atoms with van der Waals surface area (Å²) in [5.41, 5.74) is 0.455. The molecule has 4 heteroatoms. The molecular formula is C14H12O4. The minimum Gasteiger partial charge on any atom is -0.478 e. The molecule has 0 spiro atoms. The largest absolute Gasteiger partial charge is 0.478 e. The summed E-state index contributed by atoms with van der Waals surface area (Å²) in [6.07, 6.45) is -1.26. The molecule has 1 N–H and O–H groups in total. The lowest BCUT2D eigenvalue weighted by atomic mass is 10.0. The van der Waals surface area contributed by atoms with Crippen LogP contribution < -0.4 is 0 Å². The number of esters is 1. The first-order chi connectivity index (χ1) is 8.58. The predicted octanol–water partition coefficient (Wildman–Crippen LogP) is 2.53. The van der Waals surface area contributed by atoms with Crippen LogP contribution in [0.2, 0.25) is 0 Å². The second kappa shape index (κ2) is 4.87. The molecule has 18 heavy (non-hydrogen) atoms. The average Bonchev–Trinajstić information content (AvgIpc) is 2.35. The van der Waals surface area contributed by atoms with Gasteiger partial charge in [0.05, 0.1) is 0 Å². The smallest absolute Gasteiger partial charge is 0.349 e. The van der Waals surface area contributed by atoms with Gasteiger partial charge in [0.1, 0.15) is 0 Å². The lowest BCUT2D eigenvalue weighted by Crippen LogP contribution is -2.17. The first-order valence-electron chi connectivity index (χ1n) is 5.46. The highest BCUT2D eigenvalue weighted by Gasteiger charge is 2.23. The van der Waals surface area contributed by atoms with Crippen molar-refractivity contribution in [3.05, 3.63) is 48.0 Å². The Morgan fingerprint density at radius 3 is 2.39 bits per heavy atom. The number of hydrogen-bond donors (Lipinski definition) is 1. The zero-order valence-corrected chi connectivity index (χ0v) is 9.79. The molecule has 0 saturated carbocycles. The van der Waals surface area contributed by atoms with Crippen molar-refractivity contribution in [2.45, 2.75) is 13.0 Å². The van der Waals surface area contributed by atoms with Crippen molar-refractivity contribution in [2.75, 3.05) is 0 Å². The summed E-state index contributed by atoms with van der Waals surface area (Å²) in [6, 6.07) is 12.8. The number of benzene rings is 2. The number of carbonyl (C=O) groups is 2. The van der Waals surface area contributed by atoms with Crippen molar-refractivity contribution in [2.24, 2.45) is 0 Å². The third-order valence-corrected chi connectivity index (χ3v) is 2.58. The molecule has 0 amide bonds. The summed E-state index contributed by atoms with van der Waals surface area (Å²) >= 11 is 0. The monoisotopic (exact) mass is 244 g/mol. The van der Waals surface area contributed by atoms with Gasteiger partial charge in [-0.1, -0.05) is 36.4 Å². The molecule has 0 heterocycles. The number of hydrogen-bond acceptors (Lipinski definition) is 3. The van der Waals surface area contributed by atoms with Gasteiger partial charge in [-0.3, -0.25) is 4.79 Å². The van der Waals surface area contributed by atoms with Crippen LogP contribution in [0.5, 0.6) is 0 Å². The molecule has 0 saturated heterocycles. The van der Waals surface area contributed by atoms with Gasteiger partial charge < -0.3 is 9.84 Å². The fraction of sp³-hybridized carbons (Fsp3) is 0.143. The molecule has 0 radical (unpaired) electrons. The second-order valence-corrected chi connectivity index (χ2v) is 3.93. The first kappa shape index (κ1) is 12.1.